The van der Waals surface area contributed by atoms with Crippen LogP contribution in [0.15, 0.2) is 11.5 Å². The maximum Gasteiger partial charge on any atom is 0.491 e. The smallest absolute Gasteiger partial charge is 0.480 e. The van der Waals surface area contributed by atoms with Crippen LogP contribution in [0.4, 0.5) is 4.79 Å². The molecule has 3 aliphatic rings. The lowest BCUT2D eigenvalue weighted by atomic mass is 9.76. The normalized spacial score (nSPS) is 25.2. The Kier molecular flexibility index (Phi) is 8.44. The molecule has 202 valence electrons. The van der Waals surface area contributed by atoms with Gasteiger partial charge < -0.3 is 24.5 Å². The van der Waals surface area contributed by atoms with Crippen molar-refractivity contribution in [1.82, 2.24) is 20.7 Å². The van der Waals surface area contributed by atoms with Crippen molar-refractivity contribution in [3.63, 3.8) is 0 Å². The second kappa shape index (κ2) is 10.7. The van der Waals surface area contributed by atoms with Gasteiger partial charge in [-0.2, -0.15) is 0 Å². The summed E-state index contributed by atoms with van der Waals surface area (Å²) in [5, 5.41) is 13.4. The molecule has 3 rings (SSSR count). The topological polar surface area (TPSA) is 130 Å². The van der Waals surface area contributed by atoms with E-state index in [0.717, 1.165) is 11.9 Å². The molecule has 3 heterocycles. The third-order valence-corrected chi connectivity index (χ3v) is 6.99. The highest BCUT2D eigenvalue weighted by Crippen LogP contribution is 2.39. The van der Waals surface area contributed by atoms with Crippen LogP contribution in [0.25, 0.3) is 0 Å². The van der Waals surface area contributed by atoms with Gasteiger partial charge in [-0.15, -0.1) is 0 Å². The molecule has 0 bridgehead atoms. The molecule has 12 heteroatoms. The molecule has 0 aromatic heterocycles. The van der Waals surface area contributed by atoms with Gasteiger partial charge in [0.15, 0.2) is 0 Å². The molecule has 11 nitrogen and oxygen atoms in total. The van der Waals surface area contributed by atoms with E-state index in [0.29, 0.717) is 32.5 Å². The summed E-state index contributed by atoms with van der Waals surface area (Å²) in [6.45, 7) is 15.0. The van der Waals surface area contributed by atoms with Crippen LogP contribution in [0, 0.1) is 0 Å². The number of hydrogen-bond acceptors (Lipinski definition) is 8. The average Bonchev–Trinajstić information content (AvgIpc) is 2.98. The first-order valence-corrected chi connectivity index (χ1v) is 12.6. The fourth-order valence-corrected chi connectivity index (χ4v) is 4.36. The number of amides is 2. The summed E-state index contributed by atoms with van der Waals surface area (Å²) in [6.07, 6.45) is 3.13. The molecule has 0 aliphatic carbocycles. The Morgan fingerprint density at radius 1 is 1.22 bits per heavy atom. The molecular formula is C24H41BN4O7. The van der Waals surface area contributed by atoms with Crippen molar-refractivity contribution < 1.29 is 33.5 Å². The Hall–Kier alpha value is -2.15. The van der Waals surface area contributed by atoms with Gasteiger partial charge in [-0.05, 0) is 73.2 Å². The number of nitrogens with zero attached hydrogens (tertiary/aromatic N) is 2. The van der Waals surface area contributed by atoms with Crippen LogP contribution in [0.1, 0.15) is 67.7 Å². The molecule has 0 saturated carbocycles. The molecule has 2 amide bonds. The van der Waals surface area contributed by atoms with Gasteiger partial charge in [0, 0.05) is 26.2 Å². The van der Waals surface area contributed by atoms with Gasteiger partial charge in [0.05, 0.1) is 11.2 Å². The second-order valence-electron chi connectivity index (χ2n) is 11.7. The highest BCUT2D eigenvalue weighted by atomic mass is 16.7. The van der Waals surface area contributed by atoms with Crippen molar-refractivity contribution in [2.45, 2.75) is 96.6 Å². The van der Waals surface area contributed by atoms with Crippen molar-refractivity contribution in [1.29, 1.82) is 0 Å². The minimum Gasteiger partial charge on any atom is -0.480 e. The summed E-state index contributed by atoms with van der Waals surface area (Å²) >= 11 is 0. The van der Waals surface area contributed by atoms with Gasteiger partial charge in [-0.1, -0.05) is 6.08 Å². The second-order valence-corrected chi connectivity index (χ2v) is 11.7. The number of carboxylic acids is 1. The molecule has 3 aliphatic heterocycles. The van der Waals surface area contributed by atoms with Crippen molar-refractivity contribution in [2.24, 2.45) is 0 Å². The maximum absolute atomic E-state index is 13.5. The third kappa shape index (κ3) is 6.99. The lowest BCUT2D eigenvalue weighted by Gasteiger charge is -2.36. The van der Waals surface area contributed by atoms with Gasteiger partial charge in [0.25, 0.3) is 5.91 Å². The molecule has 3 N–H and O–H groups in total. The van der Waals surface area contributed by atoms with Crippen LogP contribution in [-0.2, 0) is 23.6 Å². The number of carboxylic acid groups (broad SMARTS) is 1. The zero-order valence-corrected chi connectivity index (χ0v) is 22.6. The molecule has 1 unspecified atom stereocenters. The molecule has 0 aromatic carbocycles. The van der Waals surface area contributed by atoms with Crippen LogP contribution in [0.3, 0.4) is 0 Å². The number of hydrazine groups is 1. The van der Waals surface area contributed by atoms with Crippen molar-refractivity contribution in [3.8, 4) is 0 Å². The van der Waals surface area contributed by atoms with Crippen molar-refractivity contribution in [3.05, 3.63) is 11.5 Å². The quantitative estimate of drug-likeness (QED) is 0.459. The van der Waals surface area contributed by atoms with E-state index in [4.69, 9.17) is 14.0 Å². The highest BCUT2D eigenvalue weighted by molar-refractivity contribution is 6.54. The van der Waals surface area contributed by atoms with Crippen LogP contribution in [0.5, 0.6) is 0 Å². The van der Waals surface area contributed by atoms with E-state index in [9.17, 15) is 19.5 Å². The minimum absolute atomic E-state index is 0.227. The van der Waals surface area contributed by atoms with Crippen LogP contribution >= 0.6 is 0 Å². The largest absolute Gasteiger partial charge is 0.491 e. The zero-order chi connectivity index (χ0) is 26.9. The Balaban J connectivity index is 1.72. The number of hydrogen-bond donors (Lipinski definition) is 3. The monoisotopic (exact) mass is 508 g/mol. The lowest BCUT2D eigenvalue weighted by Crippen LogP contribution is -2.62. The first-order valence-electron chi connectivity index (χ1n) is 12.6. The minimum atomic E-state index is -1.02. The van der Waals surface area contributed by atoms with Gasteiger partial charge in [-0.25, -0.2) is 10.2 Å². The predicted molar refractivity (Wildman–Crippen MR) is 134 cm³/mol. The van der Waals surface area contributed by atoms with Crippen LogP contribution in [0.2, 0.25) is 0 Å². The van der Waals surface area contributed by atoms with Gasteiger partial charge >= 0.3 is 19.2 Å². The van der Waals surface area contributed by atoms with Gasteiger partial charge in [0.2, 0.25) is 0 Å². The Labute approximate surface area is 214 Å². The van der Waals surface area contributed by atoms with E-state index in [2.05, 4.69) is 21.7 Å². The molecule has 2 atom stereocenters. The first-order chi connectivity index (χ1) is 16.6. The number of nitrogens with one attached hydrogen (secondary N) is 2. The third-order valence-electron chi connectivity index (χ3n) is 6.99. The van der Waals surface area contributed by atoms with E-state index in [1.54, 1.807) is 20.8 Å². The van der Waals surface area contributed by atoms with E-state index in [1.807, 2.05) is 27.7 Å². The summed E-state index contributed by atoms with van der Waals surface area (Å²) in [4.78, 5) is 39.6. The molecule has 2 saturated heterocycles. The Morgan fingerprint density at radius 3 is 2.44 bits per heavy atom. The number of carbonyl (C=O) groups excluding carboxylic acids is 2. The van der Waals surface area contributed by atoms with Crippen molar-refractivity contribution >= 4 is 25.1 Å². The van der Waals surface area contributed by atoms with E-state index < -0.39 is 54.0 Å². The molecule has 36 heavy (non-hydrogen) atoms. The van der Waals surface area contributed by atoms with E-state index in [-0.39, 0.29) is 6.54 Å². The molecule has 2 fully saturated rings. The fourth-order valence-electron chi connectivity index (χ4n) is 4.36. The van der Waals surface area contributed by atoms with Gasteiger partial charge in [-0.3, -0.25) is 19.5 Å². The highest BCUT2D eigenvalue weighted by Gasteiger charge is 2.52. The van der Waals surface area contributed by atoms with E-state index >= 15 is 0 Å². The summed E-state index contributed by atoms with van der Waals surface area (Å²) in [7, 11) is -0.481. The molecule has 0 radical (unpaired) electrons. The predicted octanol–water partition coefficient (Wildman–Crippen LogP) is 1.72. The first kappa shape index (κ1) is 28.4. The number of carbonyl (C=O) groups is 3. The number of ether oxygens (including phenoxy) is 1. The molecular weight excluding hydrogens is 467 g/mol. The Bertz CT molecular complexity index is 870. The lowest BCUT2D eigenvalue weighted by molar-refractivity contribution is -0.148. The standard InChI is InChI=1S/C24H41BN4O7/c1-22(2,3)34-21(33)26-18(19(30)29-13-9-11-17(27-29)20(31)32)15-28-12-8-10-16(14-28)25-35-23(4,5)24(6,7)36-25/h10,17-18,27H,8-9,11-15H2,1-7H3,(H,26,33)(H,31,32)/t17-,18?/m0/s1. The van der Waals surface area contributed by atoms with Gasteiger partial charge in [0.1, 0.15) is 17.7 Å². The summed E-state index contributed by atoms with van der Waals surface area (Å²) in [6, 6.07) is -1.78. The number of aliphatic carboxylic acids is 1. The van der Waals surface area contributed by atoms with E-state index in [1.165, 1.54) is 5.01 Å². The Morgan fingerprint density at radius 2 is 1.86 bits per heavy atom. The molecule has 0 spiro atoms. The summed E-state index contributed by atoms with van der Waals surface area (Å²) in [5.74, 6) is -1.42. The summed E-state index contributed by atoms with van der Waals surface area (Å²) in [5.41, 5.74) is 2.11. The van der Waals surface area contributed by atoms with Crippen LogP contribution in [-0.4, -0.2) is 95.2 Å². The molecule has 0 aromatic rings. The number of alkyl carbamates (subject to hydrolysis) is 1. The van der Waals surface area contributed by atoms with Crippen LogP contribution < -0.4 is 10.7 Å². The number of rotatable bonds is 6. The SMILES string of the molecule is CC(C)(C)OC(=O)NC(CN1CCC=C(B2OC(C)(C)C(C)(C)O2)C1)C(=O)N1CCC[C@@H](C(=O)O)N1. The average molecular weight is 508 g/mol. The fraction of sp³-hybridized carbons (Fsp3) is 0.792. The maximum atomic E-state index is 13.5. The zero-order valence-electron chi connectivity index (χ0n) is 22.6. The van der Waals surface area contributed by atoms with Crippen molar-refractivity contribution in [2.75, 3.05) is 26.2 Å². The summed E-state index contributed by atoms with van der Waals surface area (Å²) < 4.78 is 17.8.